The first-order chi connectivity index (χ1) is 7.86. The van der Waals surface area contributed by atoms with Crippen molar-refractivity contribution in [2.45, 2.75) is 13.0 Å². The van der Waals surface area contributed by atoms with Gasteiger partial charge in [0, 0.05) is 30.9 Å². The van der Waals surface area contributed by atoms with Crippen LogP contribution in [0.3, 0.4) is 0 Å². The average molecular weight is 236 g/mol. The number of carbonyl (C=O) groups excluding carboxylic acids is 1. The Morgan fingerprint density at radius 3 is 3.19 bits per heavy atom. The van der Waals surface area contributed by atoms with Gasteiger partial charge in [0.15, 0.2) is 0 Å². The van der Waals surface area contributed by atoms with Crippen molar-refractivity contribution < 1.29 is 4.79 Å². The Hall–Kier alpha value is -1.69. The highest BCUT2D eigenvalue weighted by molar-refractivity contribution is 7.07. The van der Waals surface area contributed by atoms with Crippen molar-refractivity contribution in [1.29, 1.82) is 0 Å². The fraction of sp³-hybridized carbons (Fsp3) is 0.300. The molecule has 2 aromatic heterocycles. The molecule has 0 unspecified atom stereocenters. The fourth-order valence-electron chi connectivity index (χ4n) is 1.30. The van der Waals surface area contributed by atoms with Gasteiger partial charge in [-0.3, -0.25) is 4.79 Å². The number of aryl methyl sites for hydroxylation is 1. The number of hydrogen-bond donors (Lipinski definition) is 1. The zero-order valence-corrected chi connectivity index (χ0v) is 9.48. The van der Waals surface area contributed by atoms with E-state index in [9.17, 15) is 4.79 Å². The molecule has 0 radical (unpaired) electrons. The molecule has 0 aliphatic carbocycles. The van der Waals surface area contributed by atoms with Gasteiger partial charge in [-0.2, -0.15) is 0 Å². The Balaban J connectivity index is 1.67. The molecule has 0 aliphatic rings. The first-order valence-corrected chi connectivity index (χ1v) is 5.92. The minimum atomic E-state index is -0.105. The Labute approximate surface area is 97.2 Å². The summed E-state index contributed by atoms with van der Waals surface area (Å²) in [6.07, 6.45) is 6.30. The van der Waals surface area contributed by atoms with Crippen molar-refractivity contribution in [3.63, 3.8) is 0 Å². The minimum absolute atomic E-state index is 0.105. The zero-order valence-electron chi connectivity index (χ0n) is 8.67. The third kappa shape index (κ3) is 2.90. The average Bonchev–Trinajstić information content (AvgIpc) is 2.96. The van der Waals surface area contributed by atoms with E-state index in [1.807, 2.05) is 10.8 Å². The van der Waals surface area contributed by atoms with Gasteiger partial charge in [0.1, 0.15) is 5.69 Å². The van der Waals surface area contributed by atoms with Crippen molar-refractivity contribution in [1.82, 2.24) is 19.9 Å². The van der Waals surface area contributed by atoms with E-state index in [4.69, 9.17) is 0 Å². The first-order valence-electron chi connectivity index (χ1n) is 4.98. The van der Waals surface area contributed by atoms with E-state index in [0.29, 0.717) is 12.2 Å². The van der Waals surface area contributed by atoms with Crippen LogP contribution in [0.4, 0.5) is 0 Å². The monoisotopic (exact) mass is 236 g/mol. The van der Waals surface area contributed by atoms with Crippen molar-refractivity contribution in [3.8, 4) is 0 Å². The van der Waals surface area contributed by atoms with Gasteiger partial charge in [0.25, 0.3) is 5.91 Å². The van der Waals surface area contributed by atoms with E-state index in [-0.39, 0.29) is 5.91 Å². The van der Waals surface area contributed by atoms with Crippen molar-refractivity contribution in [2.75, 3.05) is 6.54 Å². The molecule has 1 amide bonds. The maximum atomic E-state index is 11.5. The normalized spacial score (nSPS) is 10.2. The lowest BCUT2D eigenvalue weighted by Gasteiger charge is -2.03. The number of thiazole rings is 1. The van der Waals surface area contributed by atoms with Gasteiger partial charge in [-0.25, -0.2) is 9.97 Å². The summed E-state index contributed by atoms with van der Waals surface area (Å²) in [4.78, 5) is 19.4. The number of hydrogen-bond acceptors (Lipinski definition) is 4. The molecule has 84 valence electrons. The molecule has 0 aliphatic heterocycles. The molecule has 0 saturated heterocycles. The van der Waals surface area contributed by atoms with Crippen LogP contribution >= 0.6 is 11.3 Å². The van der Waals surface area contributed by atoms with Gasteiger partial charge < -0.3 is 9.88 Å². The predicted octanol–water partition coefficient (Wildman–Crippen LogP) is 1.16. The van der Waals surface area contributed by atoms with E-state index < -0.39 is 0 Å². The highest BCUT2D eigenvalue weighted by Crippen LogP contribution is 2.00. The molecule has 16 heavy (non-hydrogen) atoms. The number of aromatic nitrogens is 3. The third-order valence-electron chi connectivity index (χ3n) is 2.10. The Morgan fingerprint density at radius 2 is 2.50 bits per heavy atom. The smallest absolute Gasteiger partial charge is 0.270 e. The molecule has 0 atom stereocenters. The number of rotatable bonds is 5. The fourth-order valence-corrected chi connectivity index (χ4v) is 1.83. The van der Waals surface area contributed by atoms with E-state index in [2.05, 4.69) is 15.3 Å². The second kappa shape index (κ2) is 5.41. The van der Waals surface area contributed by atoms with Gasteiger partial charge in [0.2, 0.25) is 0 Å². The van der Waals surface area contributed by atoms with E-state index in [1.165, 1.54) is 11.3 Å². The lowest BCUT2D eigenvalue weighted by Crippen LogP contribution is -2.25. The summed E-state index contributed by atoms with van der Waals surface area (Å²) >= 11 is 1.42. The van der Waals surface area contributed by atoms with Crippen LogP contribution in [0.15, 0.2) is 29.6 Å². The summed E-state index contributed by atoms with van der Waals surface area (Å²) in [5, 5.41) is 4.56. The molecule has 5 nitrogen and oxygen atoms in total. The predicted molar refractivity (Wildman–Crippen MR) is 61.3 cm³/mol. The van der Waals surface area contributed by atoms with E-state index in [1.54, 1.807) is 23.4 Å². The molecule has 0 aromatic carbocycles. The van der Waals surface area contributed by atoms with E-state index >= 15 is 0 Å². The zero-order chi connectivity index (χ0) is 11.2. The lowest BCUT2D eigenvalue weighted by atomic mass is 10.4. The van der Waals surface area contributed by atoms with Crippen molar-refractivity contribution in [2.24, 2.45) is 0 Å². The number of nitrogens with zero attached hydrogens (tertiary/aromatic N) is 3. The summed E-state index contributed by atoms with van der Waals surface area (Å²) in [7, 11) is 0. The maximum Gasteiger partial charge on any atom is 0.270 e. The first kappa shape index (κ1) is 10.8. The third-order valence-corrected chi connectivity index (χ3v) is 2.69. The van der Waals surface area contributed by atoms with Crippen LogP contribution in [-0.4, -0.2) is 27.0 Å². The molecule has 0 spiro atoms. The molecular weight excluding hydrogens is 224 g/mol. The molecular formula is C10H12N4OS. The van der Waals surface area contributed by atoms with Crippen LogP contribution in [0.2, 0.25) is 0 Å². The van der Waals surface area contributed by atoms with Gasteiger partial charge >= 0.3 is 0 Å². The standard InChI is InChI=1S/C10H12N4OS/c15-10(9-6-16-8-13-9)12-2-1-4-14-5-3-11-7-14/h3,5-8H,1-2,4H2,(H,12,15). The number of imidazole rings is 1. The number of amides is 1. The van der Waals surface area contributed by atoms with Crippen LogP contribution in [0.5, 0.6) is 0 Å². The molecule has 6 heteroatoms. The second-order valence-corrected chi connectivity index (χ2v) is 4.00. The van der Waals surface area contributed by atoms with Gasteiger partial charge in [-0.1, -0.05) is 0 Å². The quantitative estimate of drug-likeness (QED) is 0.792. The minimum Gasteiger partial charge on any atom is -0.351 e. The van der Waals surface area contributed by atoms with Crippen LogP contribution in [0.1, 0.15) is 16.9 Å². The van der Waals surface area contributed by atoms with Gasteiger partial charge in [-0.05, 0) is 6.42 Å². The Kier molecular flexibility index (Phi) is 3.66. The van der Waals surface area contributed by atoms with E-state index in [0.717, 1.165) is 13.0 Å². The van der Waals surface area contributed by atoms with Crippen LogP contribution in [0, 0.1) is 0 Å². The van der Waals surface area contributed by atoms with Crippen LogP contribution in [0.25, 0.3) is 0 Å². The van der Waals surface area contributed by atoms with Gasteiger partial charge in [-0.15, -0.1) is 11.3 Å². The SMILES string of the molecule is O=C(NCCCn1ccnc1)c1cscn1. The number of carbonyl (C=O) groups is 1. The van der Waals surface area contributed by atoms with Crippen LogP contribution < -0.4 is 5.32 Å². The lowest BCUT2D eigenvalue weighted by molar-refractivity contribution is 0.0948. The molecule has 2 rings (SSSR count). The molecule has 2 aromatic rings. The molecule has 2 heterocycles. The van der Waals surface area contributed by atoms with Crippen molar-refractivity contribution in [3.05, 3.63) is 35.3 Å². The molecule has 0 bridgehead atoms. The summed E-state index contributed by atoms with van der Waals surface area (Å²) in [5.41, 5.74) is 2.15. The number of nitrogens with one attached hydrogen (secondary N) is 1. The van der Waals surface area contributed by atoms with Gasteiger partial charge in [0.05, 0.1) is 11.8 Å². The van der Waals surface area contributed by atoms with Crippen LogP contribution in [-0.2, 0) is 6.54 Å². The summed E-state index contributed by atoms with van der Waals surface area (Å²) in [6, 6.07) is 0. The second-order valence-electron chi connectivity index (χ2n) is 3.28. The largest absolute Gasteiger partial charge is 0.351 e. The topological polar surface area (TPSA) is 59.8 Å². The van der Waals surface area contributed by atoms with Crippen molar-refractivity contribution >= 4 is 17.2 Å². The Bertz CT molecular complexity index is 424. The molecule has 1 N–H and O–H groups in total. The summed E-state index contributed by atoms with van der Waals surface area (Å²) < 4.78 is 1.98. The highest BCUT2D eigenvalue weighted by Gasteiger charge is 2.05. The summed E-state index contributed by atoms with van der Waals surface area (Å²) in [5.74, 6) is -0.105. The Morgan fingerprint density at radius 1 is 1.56 bits per heavy atom. The molecule has 0 fully saturated rings. The summed E-state index contributed by atoms with van der Waals surface area (Å²) in [6.45, 7) is 1.51. The molecule has 0 saturated carbocycles. The highest BCUT2D eigenvalue weighted by atomic mass is 32.1. The maximum absolute atomic E-state index is 11.5.